The predicted molar refractivity (Wildman–Crippen MR) is 99.2 cm³/mol. The van der Waals surface area contributed by atoms with Gasteiger partial charge in [0.2, 0.25) is 0 Å². The van der Waals surface area contributed by atoms with Crippen LogP contribution in [0.2, 0.25) is 5.02 Å². The third kappa shape index (κ3) is 5.08. The number of benzene rings is 1. The van der Waals surface area contributed by atoms with E-state index in [0.29, 0.717) is 17.3 Å². The molecule has 3 rings (SSSR count). The summed E-state index contributed by atoms with van der Waals surface area (Å²) in [5, 5.41) is 6.13. The van der Waals surface area contributed by atoms with E-state index >= 15 is 0 Å². The summed E-state index contributed by atoms with van der Waals surface area (Å²) in [5.74, 6) is 0.933. The number of carbonyl (C=O) groups excluding carboxylic acids is 1. The number of urea groups is 1. The van der Waals surface area contributed by atoms with Crippen molar-refractivity contribution in [2.75, 3.05) is 29.9 Å². The van der Waals surface area contributed by atoms with Crippen molar-refractivity contribution in [3.63, 3.8) is 0 Å². The van der Waals surface area contributed by atoms with Crippen LogP contribution < -0.4 is 15.5 Å². The summed E-state index contributed by atoms with van der Waals surface area (Å²) in [7, 11) is 0. The van der Waals surface area contributed by atoms with E-state index < -0.39 is 0 Å². The number of morpholine rings is 1. The lowest BCUT2D eigenvalue weighted by atomic mass is 10.2. The Hall–Kier alpha value is -2.31. The van der Waals surface area contributed by atoms with E-state index in [-0.39, 0.29) is 12.1 Å². The van der Waals surface area contributed by atoms with Crippen LogP contribution >= 0.6 is 11.6 Å². The Labute approximate surface area is 152 Å². The molecule has 2 heterocycles. The molecule has 25 heavy (non-hydrogen) atoms. The van der Waals surface area contributed by atoms with Gasteiger partial charge in [-0.15, -0.1) is 0 Å². The minimum atomic E-state index is -0.284. The van der Waals surface area contributed by atoms with Crippen molar-refractivity contribution in [1.29, 1.82) is 0 Å². The number of carbonyl (C=O) groups is 1. The summed E-state index contributed by atoms with van der Waals surface area (Å²) >= 11 is 5.90. The molecular weight excluding hydrogens is 340 g/mol. The molecule has 0 bridgehead atoms. The van der Waals surface area contributed by atoms with Crippen LogP contribution in [0.25, 0.3) is 0 Å². The van der Waals surface area contributed by atoms with Gasteiger partial charge in [0.15, 0.2) is 0 Å². The molecule has 0 radical (unpaired) electrons. The Morgan fingerprint density at radius 1 is 1.40 bits per heavy atom. The first kappa shape index (κ1) is 17.5. The number of hydrogen-bond donors (Lipinski definition) is 2. The molecule has 1 unspecified atom stereocenters. The zero-order valence-corrected chi connectivity index (χ0v) is 14.8. The van der Waals surface area contributed by atoms with Crippen LogP contribution in [-0.4, -0.2) is 36.8 Å². The number of halogens is 1. The highest BCUT2D eigenvalue weighted by atomic mass is 35.5. The lowest BCUT2D eigenvalue weighted by molar-refractivity contribution is 0.0529. The van der Waals surface area contributed by atoms with Crippen LogP contribution in [0.3, 0.4) is 0 Å². The van der Waals surface area contributed by atoms with E-state index in [1.165, 1.54) is 0 Å². The Balaban J connectivity index is 1.50. The van der Waals surface area contributed by atoms with E-state index in [2.05, 4.69) is 27.4 Å². The van der Waals surface area contributed by atoms with Crippen LogP contribution in [0.4, 0.5) is 16.3 Å². The van der Waals surface area contributed by atoms with Gasteiger partial charge in [0.25, 0.3) is 0 Å². The minimum absolute atomic E-state index is 0.215. The van der Waals surface area contributed by atoms with Gasteiger partial charge in [-0.1, -0.05) is 23.7 Å². The number of aromatic nitrogens is 1. The van der Waals surface area contributed by atoms with Crippen molar-refractivity contribution >= 4 is 29.1 Å². The molecule has 1 aliphatic rings. The van der Waals surface area contributed by atoms with E-state index in [9.17, 15) is 4.79 Å². The number of hydrogen-bond acceptors (Lipinski definition) is 4. The average Bonchev–Trinajstić information content (AvgIpc) is 2.60. The third-order valence-corrected chi connectivity index (χ3v) is 4.14. The number of nitrogens with zero attached hydrogens (tertiary/aromatic N) is 2. The third-order valence-electron chi connectivity index (χ3n) is 3.91. The molecule has 2 N–H and O–H groups in total. The molecule has 1 aromatic heterocycles. The van der Waals surface area contributed by atoms with Gasteiger partial charge in [0.05, 0.1) is 12.7 Å². The van der Waals surface area contributed by atoms with Crippen molar-refractivity contribution in [2.24, 2.45) is 0 Å². The summed E-state index contributed by atoms with van der Waals surface area (Å²) in [6.45, 7) is 4.86. The highest BCUT2D eigenvalue weighted by Gasteiger charge is 2.17. The molecule has 132 valence electrons. The molecule has 1 aliphatic heterocycles. The first-order valence-corrected chi connectivity index (χ1v) is 8.60. The maximum atomic E-state index is 11.9. The summed E-state index contributed by atoms with van der Waals surface area (Å²) in [6, 6.07) is 10.7. The fourth-order valence-electron chi connectivity index (χ4n) is 2.66. The van der Waals surface area contributed by atoms with E-state index in [1.54, 1.807) is 30.5 Å². The zero-order valence-electron chi connectivity index (χ0n) is 14.0. The van der Waals surface area contributed by atoms with Gasteiger partial charge in [0, 0.05) is 36.5 Å². The average molecular weight is 361 g/mol. The van der Waals surface area contributed by atoms with Gasteiger partial charge >= 0.3 is 6.03 Å². The number of pyridine rings is 1. The fourth-order valence-corrected chi connectivity index (χ4v) is 2.85. The second-order valence-corrected chi connectivity index (χ2v) is 6.41. The number of amides is 2. The van der Waals surface area contributed by atoms with Gasteiger partial charge in [-0.25, -0.2) is 9.78 Å². The van der Waals surface area contributed by atoms with Crippen LogP contribution in [0.5, 0.6) is 0 Å². The molecule has 1 atom stereocenters. The first-order valence-electron chi connectivity index (χ1n) is 8.22. The van der Waals surface area contributed by atoms with E-state index in [0.717, 1.165) is 31.1 Å². The molecule has 1 aromatic carbocycles. The molecule has 1 fully saturated rings. The molecule has 2 amide bonds. The Bertz CT molecular complexity index is 723. The summed E-state index contributed by atoms with van der Waals surface area (Å²) in [5.41, 5.74) is 1.59. The predicted octanol–water partition coefficient (Wildman–Crippen LogP) is 3.28. The van der Waals surface area contributed by atoms with Gasteiger partial charge in [-0.3, -0.25) is 0 Å². The molecule has 2 aromatic rings. The van der Waals surface area contributed by atoms with E-state index in [4.69, 9.17) is 16.3 Å². The van der Waals surface area contributed by atoms with Crippen molar-refractivity contribution in [3.8, 4) is 0 Å². The minimum Gasteiger partial charge on any atom is -0.375 e. The molecule has 7 heteroatoms. The zero-order chi connectivity index (χ0) is 17.6. The smallest absolute Gasteiger partial charge is 0.319 e. The fraction of sp³-hybridized carbons (Fsp3) is 0.333. The molecule has 1 saturated heterocycles. The standard InChI is InChI=1S/C18H21ClN4O2/c1-13-12-23(7-8-25-13)17-6-5-14(10-20-17)11-21-18(24)22-16-4-2-3-15(19)9-16/h2-6,9-10,13H,7-8,11-12H2,1H3,(H2,21,22,24). The first-order chi connectivity index (χ1) is 12.1. The second kappa shape index (κ2) is 8.18. The Kier molecular flexibility index (Phi) is 5.73. The Morgan fingerprint density at radius 3 is 3.00 bits per heavy atom. The maximum Gasteiger partial charge on any atom is 0.319 e. The van der Waals surface area contributed by atoms with Crippen molar-refractivity contribution in [3.05, 3.63) is 53.2 Å². The van der Waals surface area contributed by atoms with Crippen molar-refractivity contribution in [1.82, 2.24) is 10.3 Å². The highest BCUT2D eigenvalue weighted by Crippen LogP contribution is 2.16. The number of nitrogens with one attached hydrogen (secondary N) is 2. The maximum absolute atomic E-state index is 11.9. The highest BCUT2D eigenvalue weighted by molar-refractivity contribution is 6.30. The topological polar surface area (TPSA) is 66.5 Å². The second-order valence-electron chi connectivity index (χ2n) is 5.97. The quantitative estimate of drug-likeness (QED) is 0.878. The largest absolute Gasteiger partial charge is 0.375 e. The molecule has 0 saturated carbocycles. The number of rotatable bonds is 4. The molecule has 0 spiro atoms. The van der Waals surface area contributed by atoms with Gasteiger partial charge < -0.3 is 20.3 Å². The molecular formula is C18H21ClN4O2. The van der Waals surface area contributed by atoms with Crippen molar-refractivity contribution in [2.45, 2.75) is 19.6 Å². The van der Waals surface area contributed by atoms with Crippen LogP contribution in [-0.2, 0) is 11.3 Å². The lowest BCUT2D eigenvalue weighted by Gasteiger charge is -2.32. The summed E-state index contributed by atoms with van der Waals surface area (Å²) in [4.78, 5) is 18.6. The molecule has 0 aliphatic carbocycles. The van der Waals surface area contributed by atoms with E-state index in [1.807, 2.05) is 12.1 Å². The van der Waals surface area contributed by atoms with Crippen LogP contribution in [0, 0.1) is 0 Å². The number of anilines is 2. The lowest BCUT2D eigenvalue weighted by Crippen LogP contribution is -2.41. The summed E-state index contributed by atoms with van der Waals surface area (Å²) in [6.07, 6.45) is 2.00. The van der Waals surface area contributed by atoms with Crippen LogP contribution in [0.1, 0.15) is 12.5 Å². The van der Waals surface area contributed by atoms with Gasteiger partial charge in [0.1, 0.15) is 5.82 Å². The molecule has 6 nitrogen and oxygen atoms in total. The van der Waals surface area contributed by atoms with Gasteiger partial charge in [-0.2, -0.15) is 0 Å². The number of ether oxygens (including phenoxy) is 1. The Morgan fingerprint density at radius 2 is 2.28 bits per heavy atom. The van der Waals surface area contributed by atoms with Crippen molar-refractivity contribution < 1.29 is 9.53 Å². The SMILES string of the molecule is CC1CN(c2ccc(CNC(=O)Nc3cccc(Cl)c3)cn2)CCO1. The monoisotopic (exact) mass is 360 g/mol. The van der Waals surface area contributed by atoms with Gasteiger partial charge in [-0.05, 0) is 36.8 Å². The summed E-state index contributed by atoms with van der Waals surface area (Å²) < 4.78 is 5.54. The normalized spacial score (nSPS) is 17.2. The van der Waals surface area contributed by atoms with Crippen LogP contribution in [0.15, 0.2) is 42.6 Å².